The summed E-state index contributed by atoms with van der Waals surface area (Å²) in [6.45, 7) is 0. The first-order valence-corrected chi connectivity index (χ1v) is 3.88. The van der Waals surface area contributed by atoms with Gasteiger partial charge in [-0.1, -0.05) is 12.1 Å². The van der Waals surface area contributed by atoms with Gasteiger partial charge in [0.05, 0.1) is 5.39 Å². The molecule has 0 aliphatic carbocycles. The fraction of sp³-hybridized carbons (Fsp3) is 0. The third kappa shape index (κ3) is 1.18. The van der Waals surface area contributed by atoms with Crippen LogP contribution in [0.5, 0.6) is 5.75 Å². The van der Waals surface area contributed by atoms with Gasteiger partial charge in [0.25, 0.3) is 0 Å². The van der Waals surface area contributed by atoms with Gasteiger partial charge in [-0.2, -0.15) is 0 Å². The summed E-state index contributed by atoms with van der Waals surface area (Å²) in [5.41, 5.74) is 0.512. The fourth-order valence-corrected chi connectivity index (χ4v) is 1.34. The fourth-order valence-electron chi connectivity index (χ4n) is 1.34. The van der Waals surface area contributed by atoms with E-state index in [9.17, 15) is 5.11 Å². The molecule has 0 bridgehead atoms. The van der Waals surface area contributed by atoms with Crippen molar-refractivity contribution in [3.63, 3.8) is 0 Å². The van der Waals surface area contributed by atoms with Crippen LogP contribution >= 0.6 is 0 Å². The number of rotatable bonds is 0. The van der Waals surface area contributed by atoms with E-state index in [1.165, 1.54) is 0 Å². The first kappa shape index (κ1) is 7.56. The molecule has 2 rings (SSSR count). The van der Waals surface area contributed by atoms with Crippen LogP contribution in [0, 0.1) is 5.39 Å². The van der Waals surface area contributed by atoms with Gasteiger partial charge < -0.3 is 5.11 Å². The van der Waals surface area contributed by atoms with Gasteiger partial charge in [-0.05, 0) is 23.6 Å². The van der Waals surface area contributed by atoms with Gasteiger partial charge in [-0.3, -0.25) is 0 Å². The summed E-state index contributed by atoms with van der Waals surface area (Å²) >= 11 is 0. The van der Waals surface area contributed by atoms with Crippen LogP contribution in [0.4, 0.5) is 5.69 Å². The molecule has 13 heavy (non-hydrogen) atoms. The Kier molecular flexibility index (Phi) is 1.60. The molecule has 1 N–H and O–H groups in total. The standard InChI is InChI=1S/C10H6N2O/c11-12-10-3-1-2-7-6-8(13)4-5-9(7)10/h1-6H/p+1. The van der Waals surface area contributed by atoms with E-state index in [1.807, 2.05) is 6.07 Å². The monoisotopic (exact) mass is 171 g/mol. The lowest BCUT2D eigenvalue weighted by Crippen LogP contribution is -1.71. The topological polar surface area (TPSA) is 48.4 Å². The Morgan fingerprint density at radius 2 is 2.00 bits per heavy atom. The molecular weight excluding hydrogens is 164 g/mol. The SMILES string of the molecule is N#[N+]c1cccc2cc(O)ccc12. The summed E-state index contributed by atoms with van der Waals surface area (Å²) < 4.78 is 0. The average molecular weight is 171 g/mol. The lowest BCUT2D eigenvalue weighted by atomic mass is 10.1. The zero-order valence-corrected chi connectivity index (χ0v) is 6.81. The normalized spacial score (nSPS) is 9.77. The predicted molar refractivity (Wildman–Crippen MR) is 50.4 cm³/mol. The molecule has 0 aromatic heterocycles. The minimum absolute atomic E-state index is 0.211. The van der Waals surface area contributed by atoms with Gasteiger partial charge in [0.2, 0.25) is 5.39 Å². The molecule has 0 heterocycles. The second-order valence-electron chi connectivity index (χ2n) is 2.78. The predicted octanol–water partition coefficient (Wildman–Crippen LogP) is 3.03. The highest BCUT2D eigenvalue weighted by molar-refractivity contribution is 5.94. The van der Waals surface area contributed by atoms with E-state index in [0.717, 1.165) is 10.8 Å². The molecule has 3 nitrogen and oxygen atoms in total. The van der Waals surface area contributed by atoms with E-state index in [-0.39, 0.29) is 5.75 Å². The van der Waals surface area contributed by atoms with Gasteiger partial charge in [0.15, 0.2) is 4.98 Å². The number of fused-ring (bicyclic) bond motifs is 1. The molecule has 0 unspecified atom stereocenters. The summed E-state index contributed by atoms with van der Waals surface area (Å²) in [6, 6.07) is 10.3. The number of diazo groups is 1. The van der Waals surface area contributed by atoms with E-state index >= 15 is 0 Å². The number of phenols is 1. The van der Waals surface area contributed by atoms with Crippen molar-refractivity contribution >= 4 is 16.5 Å². The third-order valence-corrected chi connectivity index (χ3v) is 1.95. The summed E-state index contributed by atoms with van der Waals surface area (Å²) in [5.74, 6) is 0.211. The van der Waals surface area contributed by atoms with E-state index < -0.39 is 0 Å². The largest absolute Gasteiger partial charge is 0.508 e. The number of hydrogen-bond acceptors (Lipinski definition) is 2. The van der Waals surface area contributed by atoms with Crippen molar-refractivity contribution in [3.8, 4) is 5.75 Å². The van der Waals surface area contributed by atoms with E-state index in [4.69, 9.17) is 5.39 Å². The molecular formula is C10H7N2O+. The van der Waals surface area contributed by atoms with Crippen LogP contribution < -0.4 is 0 Å². The highest BCUT2D eigenvalue weighted by Gasteiger charge is 2.09. The van der Waals surface area contributed by atoms with E-state index in [1.54, 1.807) is 30.3 Å². The zero-order valence-electron chi connectivity index (χ0n) is 6.81. The minimum Gasteiger partial charge on any atom is -0.508 e. The molecule has 0 spiro atoms. The Morgan fingerprint density at radius 3 is 2.77 bits per heavy atom. The maximum Gasteiger partial charge on any atom is 0.392 e. The van der Waals surface area contributed by atoms with Crippen LogP contribution in [-0.4, -0.2) is 5.11 Å². The Balaban J connectivity index is 2.87. The van der Waals surface area contributed by atoms with Crippen molar-refractivity contribution in [2.24, 2.45) is 0 Å². The Labute approximate surface area is 74.9 Å². The van der Waals surface area contributed by atoms with Crippen molar-refractivity contribution in [2.75, 3.05) is 0 Å². The minimum atomic E-state index is 0.211. The van der Waals surface area contributed by atoms with Crippen molar-refractivity contribution in [1.29, 1.82) is 5.39 Å². The molecule has 0 aliphatic rings. The van der Waals surface area contributed by atoms with E-state index in [0.29, 0.717) is 5.69 Å². The van der Waals surface area contributed by atoms with Crippen molar-refractivity contribution in [2.45, 2.75) is 0 Å². The molecule has 0 saturated heterocycles. The van der Waals surface area contributed by atoms with Crippen LogP contribution in [-0.2, 0) is 0 Å². The Morgan fingerprint density at radius 1 is 1.15 bits per heavy atom. The summed E-state index contributed by atoms with van der Waals surface area (Å²) in [4.78, 5) is 3.15. The Bertz CT molecular complexity index is 500. The van der Waals surface area contributed by atoms with Crippen LogP contribution in [0.1, 0.15) is 0 Å². The first-order valence-electron chi connectivity index (χ1n) is 3.88. The van der Waals surface area contributed by atoms with Crippen LogP contribution in [0.25, 0.3) is 15.7 Å². The number of benzene rings is 2. The lowest BCUT2D eigenvalue weighted by Gasteiger charge is -1.94. The van der Waals surface area contributed by atoms with Crippen LogP contribution in [0.2, 0.25) is 0 Å². The molecule has 2 aromatic carbocycles. The van der Waals surface area contributed by atoms with Gasteiger partial charge >= 0.3 is 5.69 Å². The molecule has 0 atom stereocenters. The number of aromatic hydroxyl groups is 1. The van der Waals surface area contributed by atoms with Gasteiger partial charge in [-0.25, -0.2) is 0 Å². The number of phenolic OH excluding ortho intramolecular Hbond substituents is 1. The van der Waals surface area contributed by atoms with Crippen LogP contribution in [0.15, 0.2) is 36.4 Å². The molecule has 0 amide bonds. The molecule has 0 saturated carbocycles. The second-order valence-corrected chi connectivity index (χ2v) is 2.78. The van der Waals surface area contributed by atoms with E-state index in [2.05, 4.69) is 4.98 Å². The lowest BCUT2D eigenvalue weighted by molar-refractivity contribution is 0.476. The summed E-state index contributed by atoms with van der Waals surface area (Å²) in [7, 11) is 0. The smallest absolute Gasteiger partial charge is 0.392 e. The van der Waals surface area contributed by atoms with Gasteiger partial charge in [0.1, 0.15) is 5.75 Å². The quantitative estimate of drug-likeness (QED) is 0.619. The number of hydrogen-bond donors (Lipinski definition) is 1. The number of nitrogens with zero attached hydrogens (tertiary/aromatic N) is 2. The van der Waals surface area contributed by atoms with Gasteiger partial charge in [-0.15, -0.1) is 0 Å². The maximum atomic E-state index is 9.20. The Hall–Kier alpha value is -2.08. The summed E-state index contributed by atoms with van der Waals surface area (Å²) in [5, 5.41) is 19.5. The maximum absolute atomic E-state index is 9.20. The molecule has 0 radical (unpaired) electrons. The van der Waals surface area contributed by atoms with Crippen LogP contribution in [0.3, 0.4) is 0 Å². The first-order chi connectivity index (χ1) is 6.31. The molecule has 0 fully saturated rings. The third-order valence-electron chi connectivity index (χ3n) is 1.95. The van der Waals surface area contributed by atoms with Crippen molar-refractivity contribution < 1.29 is 5.11 Å². The molecule has 3 heteroatoms. The zero-order chi connectivity index (χ0) is 9.26. The van der Waals surface area contributed by atoms with Crippen molar-refractivity contribution in [1.82, 2.24) is 0 Å². The highest BCUT2D eigenvalue weighted by atomic mass is 16.3. The molecule has 62 valence electrons. The molecule has 2 aromatic rings. The summed E-state index contributed by atoms with van der Waals surface area (Å²) in [6.07, 6.45) is 0. The average Bonchev–Trinajstić information content (AvgIpc) is 2.16. The molecule has 0 aliphatic heterocycles. The second kappa shape index (κ2) is 2.76. The van der Waals surface area contributed by atoms with Crippen molar-refractivity contribution in [3.05, 3.63) is 41.4 Å². The van der Waals surface area contributed by atoms with Gasteiger partial charge in [0, 0.05) is 6.07 Å². The highest BCUT2D eigenvalue weighted by Crippen LogP contribution is 2.28.